The van der Waals surface area contributed by atoms with Crippen LogP contribution in [-0.2, 0) is 45.2 Å². The van der Waals surface area contributed by atoms with Crippen LogP contribution in [0.5, 0.6) is 5.75 Å². The van der Waals surface area contributed by atoms with Crippen LogP contribution in [0.3, 0.4) is 0 Å². The number of fused-ring (bicyclic) bond motifs is 3. The number of rotatable bonds is 6. The van der Waals surface area contributed by atoms with Gasteiger partial charge in [0.1, 0.15) is 24.1 Å². The third kappa shape index (κ3) is 7.97. The van der Waals surface area contributed by atoms with Crippen LogP contribution < -0.4 is 4.74 Å². The van der Waals surface area contributed by atoms with Crippen molar-refractivity contribution < 1.29 is 50.7 Å². The lowest BCUT2D eigenvalue weighted by molar-refractivity contribution is -0.362. The number of methoxy groups -OCH3 is 1. The van der Waals surface area contributed by atoms with E-state index >= 15 is 0 Å². The topological polar surface area (TPSA) is 139 Å². The molecule has 216 valence electrons. The van der Waals surface area contributed by atoms with E-state index in [9.17, 15) is 0 Å². The Balaban J connectivity index is 0.000000648. The Hall–Kier alpha value is -2.13. The highest BCUT2D eigenvalue weighted by molar-refractivity contribution is 7.79. The molecule has 12 heteroatoms. The Morgan fingerprint density at radius 3 is 2.31 bits per heavy atom. The smallest absolute Gasteiger partial charge is 0.394 e. The van der Waals surface area contributed by atoms with Gasteiger partial charge >= 0.3 is 10.4 Å². The Morgan fingerprint density at radius 2 is 1.59 bits per heavy atom. The van der Waals surface area contributed by atoms with Gasteiger partial charge in [-0.2, -0.15) is 8.42 Å². The molecular formula is C27H36O11S. The van der Waals surface area contributed by atoms with Gasteiger partial charge in [-0.3, -0.25) is 9.11 Å². The second-order valence-corrected chi connectivity index (χ2v) is 11.3. The molecule has 3 aliphatic heterocycles. The first-order valence-electron chi connectivity index (χ1n) is 12.6. The second kappa shape index (κ2) is 11.8. The molecule has 0 spiro atoms. The molecule has 5 atom stereocenters. The molecule has 3 saturated heterocycles. The summed E-state index contributed by atoms with van der Waals surface area (Å²) in [5.74, 6) is -0.755. The SMILES string of the molecule is COCCc1cccc(-c2ccccc2O[C@H]2O[C@@H]3COC(C)(C)O[C@H]3[C@@H]3OC(C)(C)O[C@H]23)c1.O=S(=O)(O)O. The molecule has 11 nitrogen and oxygen atoms in total. The van der Waals surface area contributed by atoms with Crippen molar-refractivity contribution >= 4 is 10.4 Å². The van der Waals surface area contributed by atoms with Crippen LogP contribution in [0, 0.1) is 0 Å². The zero-order chi connectivity index (χ0) is 28.4. The molecule has 3 fully saturated rings. The predicted molar refractivity (Wildman–Crippen MR) is 140 cm³/mol. The molecule has 0 aliphatic carbocycles. The van der Waals surface area contributed by atoms with Crippen LogP contribution in [0.2, 0.25) is 0 Å². The molecule has 2 aromatic rings. The Bertz CT molecular complexity index is 1220. The average Bonchev–Trinajstić information content (AvgIpc) is 3.18. The van der Waals surface area contributed by atoms with Gasteiger partial charge in [0.25, 0.3) is 0 Å². The van der Waals surface area contributed by atoms with Gasteiger partial charge in [-0.1, -0.05) is 42.5 Å². The monoisotopic (exact) mass is 568 g/mol. The number of para-hydroxylation sites is 1. The van der Waals surface area contributed by atoms with Crippen molar-refractivity contribution in [2.24, 2.45) is 0 Å². The fourth-order valence-corrected chi connectivity index (χ4v) is 4.88. The Kier molecular flexibility index (Phi) is 9.01. The lowest BCUT2D eigenvalue weighted by Crippen LogP contribution is -2.64. The fourth-order valence-electron chi connectivity index (χ4n) is 4.88. The molecule has 0 radical (unpaired) electrons. The molecule has 0 bridgehead atoms. The highest BCUT2D eigenvalue weighted by Crippen LogP contribution is 2.43. The van der Waals surface area contributed by atoms with Crippen molar-refractivity contribution in [3.05, 3.63) is 54.1 Å². The van der Waals surface area contributed by atoms with E-state index in [2.05, 4.69) is 30.3 Å². The van der Waals surface area contributed by atoms with Gasteiger partial charge in [0.15, 0.2) is 17.7 Å². The summed E-state index contributed by atoms with van der Waals surface area (Å²) in [7, 11) is -2.95. The normalized spacial score (nSPS) is 28.9. The maximum atomic E-state index is 8.74. The number of ether oxygens (including phenoxy) is 7. The zero-order valence-corrected chi connectivity index (χ0v) is 23.4. The molecule has 0 aromatic heterocycles. The molecule has 0 amide bonds. The van der Waals surface area contributed by atoms with E-state index in [0.29, 0.717) is 13.2 Å². The van der Waals surface area contributed by atoms with Crippen LogP contribution in [0.4, 0.5) is 0 Å². The van der Waals surface area contributed by atoms with Gasteiger partial charge in [0.05, 0.1) is 13.2 Å². The van der Waals surface area contributed by atoms with Crippen LogP contribution in [-0.4, -0.2) is 80.1 Å². The van der Waals surface area contributed by atoms with E-state index < -0.39 is 34.4 Å². The number of hydrogen-bond acceptors (Lipinski definition) is 9. The number of hydrogen-bond donors (Lipinski definition) is 2. The third-order valence-corrected chi connectivity index (χ3v) is 6.41. The molecule has 0 saturated carbocycles. The summed E-state index contributed by atoms with van der Waals surface area (Å²) in [5.41, 5.74) is 3.27. The van der Waals surface area contributed by atoms with Crippen molar-refractivity contribution in [2.75, 3.05) is 20.3 Å². The van der Waals surface area contributed by atoms with Crippen LogP contribution in [0.15, 0.2) is 48.5 Å². The zero-order valence-electron chi connectivity index (χ0n) is 22.6. The van der Waals surface area contributed by atoms with E-state index in [4.69, 9.17) is 50.7 Å². The maximum absolute atomic E-state index is 8.74. The summed E-state index contributed by atoms with van der Waals surface area (Å²) in [4.78, 5) is 0. The summed E-state index contributed by atoms with van der Waals surface area (Å²) in [5, 5.41) is 0. The minimum atomic E-state index is -4.67. The average molecular weight is 569 g/mol. The Morgan fingerprint density at radius 1 is 0.923 bits per heavy atom. The molecule has 2 N–H and O–H groups in total. The van der Waals surface area contributed by atoms with E-state index in [-0.39, 0.29) is 18.3 Å². The highest BCUT2D eigenvalue weighted by atomic mass is 32.3. The first-order valence-corrected chi connectivity index (χ1v) is 14.0. The van der Waals surface area contributed by atoms with Gasteiger partial charge in [-0.25, -0.2) is 0 Å². The molecule has 5 rings (SSSR count). The van der Waals surface area contributed by atoms with Crippen molar-refractivity contribution in [2.45, 2.75) is 76.4 Å². The Labute approximate surface area is 228 Å². The summed E-state index contributed by atoms with van der Waals surface area (Å²) >= 11 is 0. The lowest BCUT2D eigenvalue weighted by atomic mass is 9.97. The maximum Gasteiger partial charge on any atom is 0.394 e. The summed E-state index contributed by atoms with van der Waals surface area (Å²) in [6.45, 7) is 8.69. The summed E-state index contributed by atoms with van der Waals surface area (Å²) < 4.78 is 74.3. The molecular weight excluding hydrogens is 532 g/mol. The molecule has 39 heavy (non-hydrogen) atoms. The minimum absolute atomic E-state index is 0.303. The van der Waals surface area contributed by atoms with E-state index in [1.54, 1.807) is 7.11 Å². The van der Waals surface area contributed by atoms with Crippen molar-refractivity contribution in [3.8, 4) is 16.9 Å². The second-order valence-electron chi connectivity index (χ2n) is 10.4. The van der Waals surface area contributed by atoms with Gasteiger partial charge in [0.2, 0.25) is 6.29 Å². The van der Waals surface area contributed by atoms with E-state index in [0.717, 1.165) is 23.3 Å². The van der Waals surface area contributed by atoms with Crippen molar-refractivity contribution in [3.63, 3.8) is 0 Å². The molecule has 3 heterocycles. The van der Waals surface area contributed by atoms with Gasteiger partial charge in [-0.05, 0) is 51.3 Å². The highest BCUT2D eigenvalue weighted by Gasteiger charge is 2.59. The number of benzene rings is 2. The quantitative estimate of drug-likeness (QED) is 0.494. The van der Waals surface area contributed by atoms with Gasteiger partial charge in [-0.15, -0.1) is 0 Å². The van der Waals surface area contributed by atoms with E-state index in [1.165, 1.54) is 5.56 Å². The van der Waals surface area contributed by atoms with Crippen LogP contribution in [0.1, 0.15) is 33.3 Å². The first kappa shape index (κ1) is 29.8. The predicted octanol–water partition coefficient (Wildman–Crippen LogP) is 3.67. The molecule has 0 unspecified atom stereocenters. The summed E-state index contributed by atoms with van der Waals surface area (Å²) in [6, 6.07) is 16.4. The first-order chi connectivity index (χ1) is 18.2. The van der Waals surface area contributed by atoms with E-state index in [1.807, 2.05) is 45.9 Å². The van der Waals surface area contributed by atoms with Crippen molar-refractivity contribution in [1.29, 1.82) is 0 Å². The summed E-state index contributed by atoms with van der Waals surface area (Å²) in [6.07, 6.45) is -1.20. The standard InChI is InChI=1S/C27H34O7.H2O4S/c1-26(2)29-16-21-22(32-26)23-24(34-27(3,4)33-23)25(31-21)30-20-12-7-6-11-19(20)18-10-8-9-17(15-18)13-14-28-5;1-5(2,3)4/h6-12,15,21-25H,13-14,16H2,1-5H3;(H2,1,2,3,4)/t21-,22-,23+,24+,25+;/m1./s1. The molecule has 3 aliphatic rings. The van der Waals surface area contributed by atoms with Crippen molar-refractivity contribution in [1.82, 2.24) is 0 Å². The largest absolute Gasteiger partial charge is 0.461 e. The van der Waals surface area contributed by atoms with Crippen LogP contribution >= 0.6 is 0 Å². The van der Waals surface area contributed by atoms with Crippen LogP contribution in [0.25, 0.3) is 11.1 Å². The fraction of sp³-hybridized carbons (Fsp3) is 0.556. The van der Waals surface area contributed by atoms with Gasteiger partial charge < -0.3 is 33.2 Å². The van der Waals surface area contributed by atoms with Gasteiger partial charge in [0, 0.05) is 12.7 Å². The molecule has 2 aromatic carbocycles. The minimum Gasteiger partial charge on any atom is -0.461 e. The lowest BCUT2D eigenvalue weighted by Gasteiger charge is -2.48. The third-order valence-electron chi connectivity index (χ3n) is 6.41.